The van der Waals surface area contributed by atoms with Gasteiger partial charge in [0.05, 0.1) is 0 Å². The first-order chi connectivity index (χ1) is 10.2. The van der Waals surface area contributed by atoms with E-state index in [-0.39, 0.29) is 12.1 Å². The molecule has 1 aliphatic heterocycles. The molecule has 1 heterocycles. The number of fused-ring (bicyclic) bond motifs is 1. The van der Waals surface area contributed by atoms with E-state index in [1.54, 1.807) is 4.90 Å². The van der Waals surface area contributed by atoms with E-state index in [0.29, 0.717) is 18.0 Å². The molecule has 1 aliphatic carbocycles. The second kappa shape index (κ2) is 5.76. The fourth-order valence-corrected chi connectivity index (χ4v) is 3.68. The van der Waals surface area contributed by atoms with Crippen LogP contribution in [0.4, 0.5) is 10.5 Å². The van der Waals surface area contributed by atoms with E-state index in [1.807, 2.05) is 30.3 Å². The zero-order valence-corrected chi connectivity index (χ0v) is 11.9. The van der Waals surface area contributed by atoms with Crippen molar-refractivity contribution >= 4 is 17.7 Å². The summed E-state index contributed by atoms with van der Waals surface area (Å²) in [4.78, 5) is 25.6. The van der Waals surface area contributed by atoms with Crippen LogP contribution in [0, 0.1) is 5.92 Å². The molecule has 0 radical (unpaired) electrons. The number of carboxylic acids is 1. The van der Waals surface area contributed by atoms with Crippen LogP contribution in [0.2, 0.25) is 0 Å². The SMILES string of the molecule is O=C(O)[C@H]1C[C@H]2CCCC[C@@H]2N1C(=O)Nc1ccccc1. The third kappa shape index (κ3) is 2.73. The molecule has 5 heteroatoms. The van der Waals surface area contributed by atoms with Gasteiger partial charge in [0, 0.05) is 11.7 Å². The van der Waals surface area contributed by atoms with Crippen molar-refractivity contribution in [3.05, 3.63) is 30.3 Å². The molecule has 3 atom stereocenters. The zero-order valence-electron chi connectivity index (χ0n) is 11.9. The average molecular weight is 288 g/mol. The highest BCUT2D eigenvalue weighted by Crippen LogP contribution is 2.40. The number of nitrogens with one attached hydrogen (secondary N) is 1. The number of para-hydroxylation sites is 1. The number of amides is 2. The van der Waals surface area contributed by atoms with E-state index in [9.17, 15) is 14.7 Å². The number of carboxylic acid groups (broad SMARTS) is 1. The van der Waals surface area contributed by atoms with Gasteiger partial charge in [-0.3, -0.25) is 0 Å². The molecule has 1 aromatic carbocycles. The van der Waals surface area contributed by atoms with Crippen LogP contribution in [0.1, 0.15) is 32.1 Å². The lowest BCUT2D eigenvalue weighted by Crippen LogP contribution is -2.48. The molecule has 21 heavy (non-hydrogen) atoms. The van der Waals surface area contributed by atoms with Gasteiger partial charge >= 0.3 is 12.0 Å². The predicted molar refractivity (Wildman–Crippen MR) is 79.1 cm³/mol. The molecule has 2 aliphatic rings. The minimum Gasteiger partial charge on any atom is -0.480 e. The number of carbonyl (C=O) groups excluding carboxylic acids is 1. The van der Waals surface area contributed by atoms with Crippen LogP contribution in [0.3, 0.4) is 0 Å². The van der Waals surface area contributed by atoms with E-state index in [2.05, 4.69) is 5.32 Å². The summed E-state index contributed by atoms with van der Waals surface area (Å²) >= 11 is 0. The Morgan fingerprint density at radius 2 is 1.86 bits per heavy atom. The highest BCUT2D eigenvalue weighted by molar-refractivity contribution is 5.93. The fourth-order valence-electron chi connectivity index (χ4n) is 3.68. The summed E-state index contributed by atoms with van der Waals surface area (Å²) in [5.41, 5.74) is 0.700. The van der Waals surface area contributed by atoms with Gasteiger partial charge in [-0.15, -0.1) is 0 Å². The third-order valence-corrected chi connectivity index (χ3v) is 4.63. The van der Waals surface area contributed by atoms with Gasteiger partial charge in [-0.2, -0.15) is 0 Å². The number of anilines is 1. The second-order valence-corrected chi connectivity index (χ2v) is 5.91. The average Bonchev–Trinajstić information content (AvgIpc) is 2.88. The Morgan fingerprint density at radius 1 is 1.14 bits per heavy atom. The number of rotatable bonds is 2. The van der Waals surface area contributed by atoms with E-state index < -0.39 is 12.0 Å². The van der Waals surface area contributed by atoms with Crippen LogP contribution in [-0.4, -0.2) is 34.1 Å². The molecule has 5 nitrogen and oxygen atoms in total. The molecular formula is C16H20N2O3. The summed E-state index contributed by atoms with van der Waals surface area (Å²) < 4.78 is 0. The number of likely N-dealkylation sites (tertiary alicyclic amines) is 1. The van der Waals surface area contributed by atoms with Crippen LogP contribution < -0.4 is 5.32 Å². The lowest BCUT2D eigenvalue weighted by molar-refractivity contribution is -0.141. The Bertz CT molecular complexity index is 532. The topological polar surface area (TPSA) is 69.6 Å². The monoisotopic (exact) mass is 288 g/mol. The molecule has 0 aromatic heterocycles. The van der Waals surface area contributed by atoms with E-state index in [4.69, 9.17) is 0 Å². The van der Waals surface area contributed by atoms with E-state index in [1.165, 1.54) is 0 Å². The lowest BCUT2D eigenvalue weighted by Gasteiger charge is -2.32. The van der Waals surface area contributed by atoms with Crippen molar-refractivity contribution in [2.75, 3.05) is 5.32 Å². The fraction of sp³-hybridized carbons (Fsp3) is 0.500. The lowest BCUT2D eigenvalue weighted by atomic mass is 9.85. The molecule has 2 amide bonds. The van der Waals surface area contributed by atoms with Crippen LogP contribution in [-0.2, 0) is 4.79 Å². The maximum atomic E-state index is 12.5. The zero-order chi connectivity index (χ0) is 14.8. The smallest absolute Gasteiger partial charge is 0.326 e. The number of carbonyl (C=O) groups is 2. The number of hydrogen-bond donors (Lipinski definition) is 2. The number of urea groups is 1. The summed E-state index contributed by atoms with van der Waals surface area (Å²) in [5.74, 6) is -0.561. The van der Waals surface area contributed by atoms with Gasteiger partial charge in [0.15, 0.2) is 0 Å². The number of benzene rings is 1. The number of hydrogen-bond acceptors (Lipinski definition) is 2. The van der Waals surface area contributed by atoms with Crippen LogP contribution in [0.5, 0.6) is 0 Å². The van der Waals surface area contributed by atoms with Gasteiger partial charge in [0.2, 0.25) is 0 Å². The van der Waals surface area contributed by atoms with Gasteiger partial charge in [0.1, 0.15) is 6.04 Å². The quantitative estimate of drug-likeness (QED) is 0.879. The standard InChI is InChI=1S/C16H20N2O3/c19-15(20)14-10-11-6-4-5-9-13(11)18(14)16(21)17-12-7-2-1-3-8-12/h1-3,7-8,11,13-14H,4-6,9-10H2,(H,17,21)(H,19,20)/t11-,13+,14-/m1/s1. The Morgan fingerprint density at radius 3 is 2.57 bits per heavy atom. The van der Waals surface area contributed by atoms with Crippen LogP contribution >= 0.6 is 0 Å². The van der Waals surface area contributed by atoms with Crippen molar-refractivity contribution in [1.29, 1.82) is 0 Å². The third-order valence-electron chi connectivity index (χ3n) is 4.63. The Balaban J connectivity index is 1.79. The predicted octanol–water partition coefficient (Wildman–Crippen LogP) is 2.94. The van der Waals surface area contributed by atoms with Crippen molar-refractivity contribution in [2.24, 2.45) is 5.92 Å². The van der Waals surface area contributed by atoms with E-state index >= 15 is 0 Å². The molecule has 1 saturated heterocycles. The Labute approximate surface area is 123 Å². The van der Waals surface area contributed by atoms with Crippen LogP contribution in [0.25, 0.3) is 0 Å². The maximum Gasteiger partial charge on any atom is 0.326 e. The van der Waals surface area contributed by atoms with Crippen molar-refractivity contribution in [3.8, 4) is 0 Å². The van der Waals surface area contributed by atoms with Gasteiger partial charge in [-0.1, -0.05) is 31.0 Å². The molecule has 1 aromatic rings. The minimum atomic E-state index is -0.896. The molecule has 2 fully saturated rings. The van der Waals surface area contributed by atoms with Crippen molar-refractivity contribution in [3.63, 3.8) is 0 Å². The summed E-state index contributed by atoms with van der Waals surface area (Å²) in [6, 6.07) is 8.27. The molecule has 1 saturated carbocycles. The highest BCUT2D eigenvalue weighted by atomic mass is 16.4. The first-order valence-corrected chi connectivity index (χ1v) is 7.54. The summed E-state index contributed by atoms with van der Waals surface area (Å²) in [6.45, 7) is 0. The largest absolute Gasteiger partial charge is 0.480 e. The second-order valence-electron chi connectivity index (χ2n) is 5.91. The van der Waals surface area contributed by atoms with Crippen LogP contribution in [0.15, 0.2) is 30.3 Å². The summed E-state index contributed by atoms with van der Waals surface area (Å²) in [5, 5.41) is 12.2. The van der Waals surface area contributed by atoms with Crippen molar-refractivity contribution < 1.29 is 14.7 Å². The first kappa shape index (κ1) is 13.9. The molecule has 112 valence electrons. The van der Waals surface area contributed by atoms with E-state index in [0.717, 1.165) is 25.7 Å². The molecule has 3 rings (SSSR count). The number of nitrogens with zero attached hydrogens (tertiary/aromatic N) is 1. The molecule has 0 spiro atoms. The molecule has 2 N–H and O–H groups in total. The summed E-state index contributed by atoms with van der Waals surface area (Å²) in [6.07, 6.45) is 4.74. The number of aliphatic carboxylic acids is 1. The maximum absolute atomic E-state index is 12.5. The molecule has 0 unspecified atom stereocenters. The normalized spacial score (nSPS) is 28.0. The van der Waals surface area contributed by atoms with Gasteiger partial charge in [-0.25, -0.2) is 9.59 Å². The molecule has 0 bridgehead atoms. The Hall–Kier alpha value is -2.04. The Kier molecular flexibility index (Phi) is 3.82. The summed E-state index contributed by atoms with van der Waals surface area (Å²) in [7, 11) is 0. The van der Waals surface area contributed by atoms with Gasteiger partial charge < -0.3 is 15.3 Å². The van der Waals surface area contributed by atoms with Crippen molar-refractivity contribution in [2.45, 2.75) is 44.2 Å². The van der Waals surface area contributed by atoms with Gasteiger partial charge in [-0.05, 0) is 37.3 Å². The minimum absolute atomic E-state index is 0.0727. The highest BCUT2D eigenvalue weighted by Gasteiger charge is 2.47. The molecular weight excluding hydrogens is 268 g/mol. The first-order valence-electron chi connectivity index (χ1n) is 7.54. The van der Waals surface area contributed by atoms with Gasteiger partial charge in [0.25, 0.3) is 0 Å². The van der Waals surface area contributed by atoms with Crippen molar-refractivity contribution in [1.82, 2.24) is 4.90 Å².